The lowest BCUT2D eigenvalue weighted by atomic mass is 9.85. The Labute approximate surface area is 419 Å². The number of amides is 3. The predicted octanol–water partition coefficient (Wildman–Crippen LogP) is 4.44. The van der Waals surface area contributed by atoms with E-state index in [9.17, 15) is 72.7 Å². The Kier molecular flexibility index (Phi) is 29.5. The van der Waals surface area contributed by atoms with Gasteiger partial charge in [0.05, 0.1) is 18.7 Å². The highest BCUT2D eigenvalue weighted by atomic mass is 32.2. The minimum absolute atomic E-state index is 0.0239. The Morgan fingerprint density at radius 1 is 0.676 bits per heavy atom. The second-order valence-corrected chi connectivity index (χ2v) is 23.1. The first-order valence-electron chi connectivity index (χ1n) is 24.7. The average molecular weight is 1100 g/mol. The van der Waals surface area contributed by atoms with Gasteiger partial charge >= 0.3 is 41.4 Å². The van der Waals surface area contributed by atoms with Gasteiger partial charge in [0.1, 0.15) is 43.2 Å². The molecule has 1 aliphatic carbocycles. The van der Waals surface area contributed by atoms with Crippen LogP contribution < -0.4 is 16.0 Å². The molecule has 71 heavy (non-hydrogen) atoms. The number of allylic oxidation sites excluding steroid dienone is 2. The molecule has 3 rings (SSSR count). The van der Waals surface area contributed by atoms with Gasteiger partial charge in [0.25, 0.3) is 0 Å². The number of carbonyl (C=O) groups is 4. The molecule has 28 heteroatoms. The van der Waals surface area contributed by atoms with Crippen LogP contribution in [0.25, 0.3) is 0 Å². The van der Waals surface area contributed by atoms with Crippen molar-refractivity contribution in [3.8, 4) is 0 Å². The molecule has 0 bridgehead atoms. The zero-order valence-electron chi connectivity index (χ0n) is 40.4. The standard InChI is InChI=1S/C43H78N3O21P3S/c1-2-3-4-5-6-7-8-9-10-11-12-13-14-15-17-24-34(48)62-27-30(28-63-70(60,61)67-42-38(51)40(65-68(54,55)56)37(50)41(39(42)52)66-69(57,58)59)64-35(49)25-18-16-21-26-44-33(47)23-20-19-22-32-36-31(29-71-32)45-43(53)46-36/h9-10,30-32,36-42,50-52H,2-8,11-29H2,1H3,(H,44,47)(H,60,61)(H2,45,46,53)(H2,54,55,56)(H2,57,58,59)/b10-9-/t30-,31+,32+,36+,37?,38-,39-,40-,41+,42?/m1/s1. The number of phosphoric acid groups is 3. The lowest BCUT2D eigenvalue weighted by Crippen LogP contribution is -2.65. The molecule has 3 unspecified atom stereocenters. The van der Waals surface area contributed by atoms with E-state index in [-0.39, 0.29) is 36.9 Å². The normalized spacial score (nSPS) is 25.8. The van der Waals surface area contributed by atoms with E-state index in [0.717, 1.165) is 57.1 Å². The van der Waals surface area contributed by atoms with Crippen molar-refractivity contribution >= 4 is 59.1 Å². The van der Waals surface area contributed by atoms with E-state index in [1.807, 2.05) is 11.8 Å². The van der Waals surface area contributed by atoms with Crippen molar-refractivity contribution in [2.75, 3.05) is 25.5 Å². The van der Waals surface area contributed by atoms with Gasteiger partial charge in [-0.15, -0.1) is 0 Å². The summed E-state index contributed by atoms with van der Waals surface area (Å²) in [4.78, 5) is 97.4. The zero-order chi connectivity index (χ0) is 52.5. The number of aliphatic hydroxyl groups excluding tert-OH is 3. The number of carbonyl (C=O) groups excluding carboxylic acids is 4. The molecule has 3 aliphatic rings. The van der Waals surface area contributed by atoms with Gasteiger partial charge in [0, 0.05) is 36.8 Å². The van der Waals surface area contributed by atoms with Crippen LogP contribution in [0.2, 0.25) is 0 Å². The Hall–Kier alpha value is -2.02. The summed E-state index contributed by atoms with van der Waals surface area (Å²) in [5, 5.41) is 40.9. The van der Waals surface area contributed by atoms with Gasteiger partial charge in [0.2, 0.25) is 5.91 Å². The fourth-order valence-corrected chi connectivity index (χ4v) is 12.0. The maximum absolute atomic E-state index is 13.2. The summed E-state index contributed by atoms with van der Waals surface area (Å²) in [6.45, 7) is 0.929. The molecule has 11 atom stereocenters. The van der Waals surface area contributed by atoms with Crippen molar-refractivity contribution in [1.82, 2.24) is 16.0 Å². The largest absolute Gasteiger partial charge is 0.472 e. The molecule has 0 aromatic rings. The molecule has 0 aromatic carbocycles. The SMILES string of the molecule is CCCCCCCC/C=C\CCCCCCCC(=O)OC[C@H](COP(=O)(O)OC1[C@H](O)[C@H](OP(=O)(O)O)C(O)[C@H](OP(=O)(O)O)[C@H]1O)OC(=O)CCCCCNC(=O)CCCC[C@@H]1SC[C@@H]2NC(=O)N[C@@H]21. The van der Waals surface area contributed by atoms with Crippen LogP contribution in [0.1, 0.15) is 148 Å². The molecule has 2 heterocycles. The third kappa shape index (κ3) is 26.3. The minimum Gasteiger partial charge on any atom is -0.462 e. The molecular weight excluding hydrogens is 1020 g/mol. The third-order valence-electron chi connectivity index (χ3n) is 12.0. The Morgan fingerprint density at radius 3 is 1.79 bits per heavy atom. The lowest BCUT2D eigenvalue weighted by molar-refractivity contribution is -0.213. The summed E-state index contributed by atoms with van der Waals surface area (Å²) in [5.74, 6) is -0.713. The summed E-state index contributed by atoms with van der Waals surface area (Å²) in [7, 11) is -16.7. The van der Waals surface area contributed by atoms with E-state index in [1.165, 1.54) is 38.5 Å². The van der Waals surface area contributed by atoms with Crippen LogP contribution in [-0.2, 0) is 55.6 Å². The van der Waals surface area contributed by atoms with Crippen molar-refractivity contribution in [3.63, 3.8) is 0 Å². The Morgan fingerprint density at radius 2 is 1.20 bits per heavy atom. The van der Waals surface area contributed by atoms with E-state index < -0.39 is 91.3 Å². The summed E-state index contributed by atoms with van der Waals surface area (Å²) < 4.78 is 65.5. The molecule has 11 N–H and O–H groups in total. The molecule has 0 aromatic heterocycles. The van der Waals surface area contributed by atoms with Crippen LogP contribution in [0.5, 0.6) is 0 Å². The maximum Gasteiger partial charge on any atom is 0.472 e. The van der Waals surface area contributed by atoms with Gasteiger partial charge in [-0.3, -0.25) is 32.5 Å². The molecule has 2 aliphatic heterocycles. The summed E-state index contributed by atoms with van der Waals surface area (Å²) in [6.07, 6.45) is 5.54. The molecule has 3 amide bonds. The number of nitrogens with one attached hydrogen (secondary N) is 3. The van der Waals surface area contributed by atoms with Gasteiger partial charge in [0.15, 0.2) is 6.10 Å². The van der Waals surface area contributed by atoms with Crippen LogP contribution in [0.3, 0.4) is 0 Å². The predicted molar refractivity (Wildman–Crippen MR) is 258 cm³/mol. The van der Waals surface area contributed by atoms with E-state index in [4.69, 9.17) is 18.5 Å². The number of fused-ring (bicyclic) bond motifs is 1. The first-order valence-corrected chi connectivity index (χ1v) is 30.3. The van der Waals surface area contributed by atoms with Crippen molar-refractivity contribution in [2.45, 2.75) is 208 Å². The molecular formula is C43H78N3O21P3S. The zero-order valence-corrected chi connectivity index (χ0v) is 43.9. The Bertz CT molecular complexity index is 1760. The number of urea groups is 1. The van der Waals surface area contributed by atoms with Gasteiger partial charge in [-0.1, -0.05) is 83.3 Å². The third-order valence-corrected chi connectivity index (χ3v) is 15.6. The number of thioether (sulfide) groups is 1. The number of esters is 2. The van der Waals surface area contributed by atoms with Crippen molar-refractivity contribution in [3.05, 3.63) is 12.2 Å². The van der Waals surface area contributed by atoms with Gasteiger partial charge in [-0.25, -0.2) is 18.5 Å². The highest BCUT2D eigenvalue weighted by Crippen LogP contribution is 2.51. The highest BCUT2D eigenvalue weighted by Gasteiger charge is 2.56. The fraction of sp³-hybridized carbons (Fsp3) is 0.860. The lowest BCUT2D eigenvalue weighted by Gasteiger charge is -2.44. The number of hydrogen-bond donors (Lipinski definition) is 11. The van der Waals surface area contributed by atoms with E-state index >= 15 is 0 Å². The first-order chi connectivity index (χ1) is 33.6. The minimum atomic E-state index is -5.58. The Balaban J connectivity index is 1.46. The van der Waals surface area contributed by atoms with Crippen molar-refractivity contribution < 1.29 is 100 Å². The smallest absolute Gasteiger partial charge is 0.462 e. The maximum atomic E-state index is 13.2. The van der Waals surface area contributed by atoms with Crippen LogP contribution in [0.4, 0.5) is 4.79 Å². The number of ether oxygens (including phenoxy) is 2. The average Bonchev–Trinajstić information content (AvgIpc) is 3.85. The number of rotatable bonds is 38. The second kappa shape index (κ2) is 33.1. The molecule has 1 saturated carbocycles. The molecule has 2 saturated heterocycles. The van der Waals surface area contributed by atoms with Crippen LogP contribution in [0.15, 0.2) is 12.2 Å². The first kappa shape index (κ1) is 63.3. The van der Waals surface area contributed by atoms with Gasteiger partial charge < -0.3 is 65.2 Å². The molecule has 0 spiro atoms. The number of phosphoric ester groups is 3. The number of hydrogen-bond acceptors (Lipinski definition) is 17. The second-order valence-electron chi connectivity index (χ2n) is 18.1. The van der Waals surface area contributed by atoms with Crippen molar-refractivity contribution in [1.29, 1.82) is 0 Å². The monoisotopic (exact) mass is 1100 g/mol. The summed E-state index contributed by atoms with van der Waals surface area (Å²) >= 11 is 1.81. The number of unbranched alkanes of at least 4 members (excludes halogenated alkanes) is 14. The van der Waals surface area contributed by atoms with E-state index in [0.29, 0.717) is 50.3 Å². The van der Waals surface area contributed by atoms with E-state index in [2.05, 4.69) is 44.1 Å². The molecule has 0 radical (unpaired) electrons. The fourth-order valence-electron chi connectivity index (χ4n) is 8.34. The molecule has 3 fully saturated rings. The quantitative estimate of drug-likeness (QED) is 0.0134. The van der Waals surface area contributed by atoms with E-state index in [1.54, 1.807) is 0 Å². The van der Waals surface area contributed by atoms with Crippen LogP contribution in [-0.4, -0.2) is 149 Å². The molecule has 412 valence electrons. The highest BCUT2D eigenvalue weighted by molar-refractivity contribution is 8.00. The topological polar surface area (TPSA) is 373 Å². The summed E-state index contributed by atoms with van der Waals surface area (Å²) in [6, 6.07) is 0.109. The van der Waals surface area contributed by atoms with Crippen molar-refractivity contribution in [2.24, 2.45) is 0 Å². The molecule has 24 nitrogen and oxygen atoms in total. The van der Waals surface area contributed by atoms with Crippen LogP contribution >= 0.6 is 35.2 Å². The van der Waals surface area contributed by atoms with Gasteiger partial charge in [-0.2, -0.15) is 11.8 Å². The number of aliphatic hydroxyl groups is 3. The summed E-state index contributed by atoms with van der Waals surface area (Å²) in [5.41, 5.74) is 0. The van der Waals surface area contributed by atoms with Gasteiger partial charge in [-0.05, 0) is 57.8 Å². The van der Waals surface area contributed by atoms with Crippen LogP contribution in [0, 0.1) is 0 Å².